The molecule has 0 radical (unpaired) electrons. The fourth-order valence-corrected chi connectivity index (χ4v) is 2.90. The van der Waals surface area contributed by atoms with Crippen LogP contribution in [0.5, 0.6) is 0 Å². The maximum Gasteiger partial charge on any atom is 0.355 e. The molecule has 1 aromatic carbocycles. The normalized spacial score (nSPS) is 11.7. The lowest BCUT2D eigenvalue weighted by Crippen LogP contribution is -2.26. The lowest BCUT2D eigenvalue weighted by Gasteiger charge is -2.18. The van der Waals surface area contributed by atoms with Crippen molar-refractivity contribution < 1.29 is 18.7 Å². The summed E-state index contributed by atoms with van der Waals surface area (Å²) in [6.07, 6.45) is 1.84. The van der Waals surface area contributed by atoms with Crippen LogP contribution < -0.4 is 0 Å². The number of hydrogen-bond acceptors (Lipinski definition) is 3. The molecule has 27 heavy (non-hydrogen) atoms. The van der Waals surface area contributed by atoms with Crippen molar-refractivity contribution in [1.29, 1.82) is 0 Å². The first kappa shape index (κ1) is 18.9. The number of benzene rings is 1. The highest BCUT2D eigenvalue weighted by Crippen LogP contribution is 2.27. The Morgan fingerprint density at radius 1 is 1.07 bits per heavy atom. The number of rotatable bonds is 5. The minimum Gasteiger partial charge on any atom is -0.461 e. The quantitative estimate of drug-likeness (QED) is 0.627. The van der Waals surface area contributed by atoms with E-state index in [2.05, 4.69) is 0 Å². The molecule has 0 fully saturated rings. The zero-order chi connectivity index (χ0) is 19.8. The van der Waals surface area contributed by atoms with E-state index in [1.54, 1.807) is 29.7 Å². The molecule has 2 heterocycles. The molecule has 0 amide bonds. The van der Waals surface area contributed by atoms with Gasteiger partial charge in [0, 0.05) is 17.3 Å². The van der Waals surface area contributed by atoms with Gasteiger partial charge >= 0.3 is 5.97 Å². The van der Waals surface area contributed by atoms with E-state index in [1.165, 1.54) is 12.1 Å². The predicted octanol–water partition coefficient (Wildman–Crippen LogP) is 4.36. The number of carbonyl (C=O) groups excluding carboxylic acids is 2. The Kier molecular flexibility index (Phi) is 4.91. The van der Waals surface area contributed by atoms with Gasteiger partial charge in [-0.3, -0.25) is 4.79 Å². The van der Waals surface area contributed by atoms with Crippen LogP contribution in [-0.2, 0) is 16.1 Å². The molecule has 0 saturated carbocycles. The summed E-state index contributed by atoms with van der Waals surface area (Å²) in [6, 6.07) is 9.65. The average molecular weight is 370 g/mol. The molecule has 0 atom stereocenters. The fourth-order valence-electron chi connectivity index (χ4n) is 2.90. The summed E-state index contributed by atoms with van der Waals surface area (Å²) in [7, 11) is 0. The minimum atomic E-state index is -0.526. The van der Waals surface area contributed by atoms with Gasteiger partial charge in [0.25, 0.3) is 0 Å². The molecule has 3 aromatic rings. The van der Waals surface area contributed by atoms with Crippen LogP contribution in [0, 0.1) is 11.2 Å². The maximum absolute atomic E-state index is 13.2. The van der Waals surface area contributed by atoms with Crippen molar-refractivity contribution in [2.45, 2.75) is 34.2 Å². The number of fused-ring (bicyclic) bond motifs is 1. The highest BCUT2D eigenvalue weighted by molar-refractivity contribution is 5.97. The standard InChI is InChI=1S/C21H23FN2O3/c1-5-27-20(26)18-12-17-16(24(18)13-19(25)21(2,3)4)10-11-23(17)15-8-6-14(22)7-9-15/h6-12H,5,13H2,1-4H3. The molecule has 2 aromatic heterocycles. The SMILES string of the molecule is CCOC(=O)c1cc2c(ccn2-c2ccc(F)cc2)n1CC(=O)C(C)(C)C. The molecule has 5 nitrogen and oxygen atoms in total. The Morgan fingerprint density at radius 3 is 2.33 bits per heavy atom. The molecule has 0 N–H and O–H groups in total. The lowest BCUT2D eigenvalue weighted by atomic mass is 9.91. The Hall–Kier alpha value is -2.89. The molecule has 0 saturated heterocycles. The van der Waals surface area contributed by atoms with Crippen LogP contribution >= 0.6 is 0 Å². The highest BCUT2D eigenvalue weighted by atomic mass is 19.1. The number of halogens is 1. The zero-order valence-corrected chi connectivity index (χ0v) is 16.0. The summed E-state index contributed by atoms with van der Waals surface area (Å²) >= 11 is 0. The fraction of sp³-hybridized carbons (Fsp3) is 0.333. The second-order valence-corrected chi connectivity index (χ2v) is 7.44. The second kappa shape index (κ2) is 7.02. The van der Waals surface area contributed by atoms with Crippen LogP contribution in [0.15, 0.2) is 42.6 Å². The Labute approximate surface area is 157 Å². The number of ether oxygens (including phenoxy) is 1. The van der Waals surface area contributed by atoms with Crippen molar-refractivity contribution in [1.82, 2.24) is 9.13 Å². The van der Waals surface area contributed by atoms with E-state index in [1.807, 2.05) is 37.6 Å². The van der Waals surface area contributed by atoms with Crippen molar-refractivity contribution >= 4 is 22.8 Å². The monoisotopic (exact) mass is 370 g/mol. The smallest absolute Gasteiger partial charge is 0.355 e. The van der Waals surface area contributed by atoms with Gasteiger partial charge in [-0.2, -0.15) is 0 Å². The van der Waals surface area contributed by atoms with Gasteiger partial charge in [-0.15, -0.1) is 0 Å². The summed E-state index contributed by atoms with van der Waals surface area (Å²) in [5, 5.41) is 0. The predicted molar refractivity (Wildman–Crippen MR) is 102 cm³/mol. The van der Waals surface area contributed by atoms with Crippen LogP contribution in [0.1, 0.15) is 38.2 Å². The van der Waals surface area contributed by atoms with Gasteiger partial charge in [-0.05, 0) is 43.3 Å². The summed E-state index contributed by atoms with van der Waals surface area (Å²) in [5.74, 6) is -0.774. The highest BCUT2D eigenvalue weighted by Gasteiger charge is 2.26. The van der Waals surface area contributed by atoms with Gasteiger partial charge in [0.2, 0.25) is 0 Å². The van der Waals surface area contributed by atoms with Crippen LogP contribution in [0.25, 0.3) is 16.7 Å². The van der Waals surface area contributed by atoms with Crippen LogP contribution in [0.3, 0.4) is 0 Å². The van der Waals surface area contributed by atoms with E-state index in [0.717, 1.165) is 16.7 Å². The van der Waals surface area contributed by atoms with Crippen LogP contribution in [-0.4, -0.2) is 27.5 Å². The first-order valence-electron chi connectivity index (χ1n) is 8.89. The van der Waals surface area contributed by atoms with Crippen molar-refractivity contribution in [3.63, 3.8) is 0 Å². The van der Waals surface area contributed by atoms with Crippen molar-refractivity contribution in [2.24, 2.45) is 5.41 Å². The van der Waals surface area contributed by atoms with E-state index in [9.17, 15) is 14.0 Å². The van der Waals surface area contributed by atoms with Gasteiger partial charge in [0.15, 0.2) is 5.78 Å². The minimum absolute atomic E-state index is 0.0140. The van der Waals surface area contributed by atoms with E-state index in [-0.39, 0.29) is 24.8 Å². The molecule has 0 bridgehead atoms. The first-order chi connectivity index (χ1) is 12.7. The zero-order valence-electron chi connectivity index (χ0n) is 16.0. The summed E-state index contributed by atoms with van der Waals surface area (Å²) in [5.41, 5.74) is 2.07. The van der Waals surface area contributed by atoms with E-state index in [0.29, 0.717) is 5.69 Å². The first-order valence-corrected chi connectivity index (χ1v) is 8.89. The number of nitrogens with zero attached hydrogens (tertiary/aromatic N) is 2. The van der Waals surface area contributed by atoms with Crippen LogP contribution in [0.2, 0.25) is 0 Å². The molecular weight excluding hydrogens is 347 g/mol. The Bertz CT molecular complexity index is 991. The molecule has 0 unspecified atom stereocenters. The third-order valence-electron chi connectivity index (χ3n) is 4.49. The van der Waals surface area contributed by atoms with Crippen molar-refractivity contribution in [2.75, 3.05) is 6.61 Å². The summed E-state index contributed by atoms with van der Waals surface area (Å²) in [4.78, 5) is 25.0. The molecule has 142 valence electrons. The number of aromatic nitrogens is 2. The van der Waals surface area contributed by atoms with E-state index < -0.39 is 11.4 Å². The van der Waals surface area contributed by atoms with Gasteiger partial charge in [-0.1, -0.05) is 20.8 Å². The summed E-state index contributed by atoms with van der Waals surface area (Å²) in [6.45, 7) is 7.62. The average Bonchev–Trinajstić information content (AvgIpc) is 3.15. The largest absolute Gasteiger partial charge is 0.461 e. The van der Waals surface area contributed by atoms with E-state index in [4.69, 9.17) is 4.74 Å². The van der Waals surface area contributed by atoms with Gasteiger partial charge in [0.1, 0.15) is 11.5 Å². The van der Waals surface area contributed by atoms with Crippen molar-refractivity contribution in [3.05, 3.63) is 54.1 Å². The van der Waals surface area contributed by atoms with Gasteiger partial charge < -0.3 is 13.9 Å². The topological polar surface area (TPSA) is 53.2 Å². The maximum atomic E-state index is 13.2. The second-order valence-electron chi connectivity index (χ2n) is 7.44. The Morgan fingerprint density at radius 2 is 1.74 bits per heavy atom. The van der Waals surface area contributed by atoms with Gasteiger partial charge in [0.05, 0.1) is 24.2 Å². The number of esters is 1. The van der Waals surface area contributed by atoms with Crippen LogP contribution in [0.4, 0.5) is 4.39 Å². The lowest BCUT2D eigenvalue weighted by molar-refractivity contribution is -0.126. The van der Waals surface area contributed by atoms with E-state index >= 15 is 0 Å². The third-order valence-corrected chi connectivity index (χ3v) is 4.49. The molecule has 0 spiro atoms. The molecule has 0 aliphatic rings. The molecule has 6 heteroatoms. The van der Waals surface area contributed by atoms with Gasteiger partial charge in [-0.25, -0.2) is 9.18 Å². The number of hydrogen-bond donors (Lipinski definition) is 0. The Balaban J connectivity index is 2.13. The number of ketones is 1. The summed E-state index contributed by atoms with van der Waals surface area (Å²) < 4.78 is 22.0. The third kappa shape index (κ3) is 3.65. The molecule has 0 aliphatic carbocycles. The number of carbonyl (C=O) groups is 2. The molecule has 3 rings (SSSR count). The number of Topliss-reactive ketones (excluding diaryl/α,β-unsaturated/α-hetero) is 1. The molecule has 0 aliphatic heterocycles. The molecular formula is C21H23FN2O3. The van der Waals surface area contributed by atoms with Crippen molar-refractivity contribution in [3.8, 4) is 5.69 Å².